The van der Waals surface area contributed by atoms with Crippen molar-refractivity contribution in [2.24, 2.45) is 0 Å². The van der Waals surface area contributed by atoms with E-state index in [2.05, 4.69) is 29.2 Å². The number of fused-ring (bicyclic) bond motifs is 1. The van der Waals surface area contributed by atoms with Crippen LogP contribution in [-0.4, -0.2) is 36.2 Å². The Morgan fingerprint density at radius 3 is 2.48 bits per heavy atom. The Balaban J connectivity index is 1.34. The molecule has 2 heterocycles. The Hall–Kier alpha value is -2.34. The van der Waals surface area contributed by atoms with E-state index in [1.807, 2.05) is 30.3 Å². The lowest BCUT2D eigenvalue weighted by molar-refractivity contribution is 0.182. The minimum atomic E-state index is -0.217. The minimum absolute atomic E-state index is 0.0339. The maximum Gasteiger partial charge on any atom is 0.140 e. The molecule has 2 unspecified atom stereocenters. The molecule has 0 aliphatic carbocycles. The van der Waals surface area contributed by atoms with Crippen molar-refractivity contribution in [3.05, 3.63) is 82.9 Å². The summed E-state index contributed by atoms with van der Waals surface area (Å²) in [6.07, 6.45) is 3.72. The molecule has 4 nitrogen and oxygen atoms in total. The van der Waals surface area contributed by atoms with E-state index < -0.39 is 0 Å². The molecule has 0 radical (unpaired) electrons. The van der Waals surface area contributed by atoms with Gasteiger partial charge in [0, 0.05) is 12.6 Å². The summed E-state index contributed by atoms with van der Waals surface area (Å²) in [5, 5.41) is 10.6. The highest BCUT2D eigenvalue weighted by molar-refractivity contribution is 7.99. The topological polar surface area (TPSA) is 41.9 Å². The number of thioether (sulfide) groups is 1. The van der Waals surface area contributed by atoms with Crippen molar-refractivity contribution in [3.63, 3.8) is 0 Å². The highest BCUT2D eigenvalue weighted by Gasteiger charge is 2.35. The van der Waals surface area contributed by atoms with Gasteiger partial charge in [0.1, 0.15) is 30.0 Å². The second-order valence-electron chi connectivity index (χ2n) is 8.56. The molecule has 1 fully saturated rings. The fraction of sp³-hybridized carbons (Fsp3) is 0.333. The average Bonchev–Trinajstić information content (AvgIpc) is 2.85. The van der Waals surface area contributed by atoms with Crippen LogP contribution in [0.15, 0.2) is 71.6 Å². The number of likely N-dealkylation sites (tertiary alicyclic amines) is 1. The van der Waals surface area contributed by atoms with Gasteiger partial charge in [0.25, 0.3) is 0 Å². The van der Waals surface area contributed by atoms with E-state index in [1.54, 1.807) is 23.9 Å². The first-order chi connectivity index (χ1) is 16.2. The molecular formula is C27H28ClNO3S. The van der Waals surface area contributed by atoms with Gasteiger partial charge in [-0.25, -0.2) is 0 Å². The van der Waals surface area contributed by atoms with Gasteiger partial charge in [-0.05, 0) is 55.3 Å². The zero-order valence-corrected chi connectivity index (χ0v) is 20.0. The first kappa shape index (κ1) is 22.5. The molecule has 1 saturated heterocycles. The Morgan fingerprint density at radius 1 is 0.970 bits per heavy atom. The number of benzene rings is 3. The van der Waals surface area contributed by atoms with Gasteiger partial charge in [-0.3, -0.25) is 4.90 Å². The van der Waals surface area contributed by atoms with Crippen molar-refractivity contribution in [1.82, 2.24) is 4.90 Å². The van der Waals surface area contributed by atoms with Gasteiger partial charge in [-0.15, -0.1) is 11.8 Å². The third-order valence-corrected chi connectivity index (χ3v) is 8.07. The summed E-state index contributed by atoms with van der Waals surface area (Å²) in [6.45, 7) is 4.04. The molecule has 1 N–H and O–H groups in total. The first-order valence-corrected chi connectivity index (χ1v) is 12.8. The largest absolute Gasteiger partial charge is 0.508 e. The molecule has 0 spiro atoms. The highest BCUT2D eigenvalue weighted by Crippen LogP contribution is 2.56. The lowest BCUT2D eigenvalue weighted by Gasteiger charge is -2.34. The third-order valence-electron chi connectivity index (χ3n) is 6.23. The van der Waals surface area contributed by atoms with Gasteiger partial charge in [-0.1, -0.05) is 60.5 Å². The quantitative estimate of drug-likeness (QED) is 0.415. The molecule has 2 atom stereocenters. The number of phenols is 1. The van der Waals surface area contributed by atoms with Crippen LogP contribution in [0.5, 0.6) is 17.2 Å². The monoisotopic (exact) mass is 481 g/mol. The molecule has 3 aromatic rings. The van der Waals surface area contributed by atoms with Crippen LogP contribution >= 0.6 is 23.4 Å². The van der Waals surface area contributed by atoms with E-state index >= 15 is 0 Å². The molecule has 0 bridgehead atoms. The molecule has 33 heavy (non-hydrogen) atoms. The zero-order valence-electron chi connectivity index (χ0n) is 18.5. The highest BCUT2D eigenvalue weighted by atomic mass is 35.5. The van der Waals surface area contributed by atoms with Gasteiger partial charge >= 0.3 is 0 Å². The molecule has 0 saturated carbocycles. The number of rotatable bonds is 6. The molecule has 0 aromatic heterocycles. The van der Waals surface area contributed by atoms with Crippen molar-refractivity contribution < 1.29 is 14.6 Å². The number of hydrogen-bond donors (Lipinski definition) is 1. The molecule has 0 amide bonds. The Labute approximate surface area is 204 Å². The fourth-order valence-corrected chi connectivity index (χ4v) is 6.12. The van der Waals surface area contributed by atoms with E-state index in [9.17, 15) is 5.11 Å². The van der Waals surface area contributed by atoms with E-state index in [0.29, 0.717) is 17.4 Å². The molecule has 172 valence electrons. The van der Waals surface area contributed by atoms with Crippen molar-refractivity contribution in [2.75, 3.05) is 26.2 Å². The van der Waals surface area contributed by atoms with Gasteiger partial charge in [0.2, 0.25) is 0 Å². The van der Waals surface area contributed by atoms with Crippen molar-refractivity contribution in [3.8, 4) is 17.2 Å². The number of aromatic hydroxyl groups is 1. The Kier molecular flexibility index (Phi) is 7.00. The average molecular weight is 482 g/mol. The third kappa shape index (κ3) is 5.26. The van der Waals surface area contributed by atoms with Crippen LogP contribution < -0.4 is 9.47 Å². The van der Waals surface area contributed by atoms with Gasteiger partial charge in [-0.2, -0.15) is 0 Å². The summed E-state index contributed by atoms with van der Waals surface area (Å²) < 4.78 is 12.4. The molecule has 6 heteroatoms. The second kappa shape index (κ2) is 10.3. The summed E-state index contributed by atoms with van der Waals surface area (Å²) in [6, 6.07) is 21.7. The van der Waals surface area contributed by atoms with Gasteiger partial charge < -0.3 is 14.6 Å². The lowest BCUT2D eigenvalue weighted by Crippen LogP contribution is -2.33. The van der Waals surface area contributed by atoms with Crippen LogP contribution in [0, 0.1) is 0 Å². The molecule has 3 aromatic carbocycles. The molecule has 5 rings (SSSR count). The fourth-order valence-electron chi connectivity index (χ4n) is 4.50. The standard InChI is InChI=1S/C27H28ClNO3S/c28-23-17-21(30)18-24-27(23)33-26(20-7-3-1-4-8-20)25(32-24)19-9-11-22(12-10-19)31-16-15-29-13-5-2-6-14-29/h1,3-4,7-12,17-18,25-26,30H,2,5-6,13-16H2. The first-order valence-electron chi connectivity index (χ1n) is 11.5. The Morgan fingerprint density at radius 2 is 1.73 bits per heavy atom. The predicted molar refractivity (Wildman–Crippen MR) is 134 cm³/mol. The molecule has 2 aliphatic rings. The summed E-state index contributed by atoms with van der Waals surface area (Å²) in [7, 11) is 0. The number of piperidine rings is 1. The maximum atomic E-state index is 10.0. The lowest BCUT2D eigenvalue weighted by atomic mass is 10.00. The Bertz CT molecular complexity index is 1070. The van der Waals surface area contributed by atoms with Crippen molar-refractivity contribution in [2.45, 2.75) is 35.5 Å². The maximum absolute atomic E-state index is 10.0. The number of hydrogen-bond acceptors (Lipinski definition) is 5. The molecule has 2 aliphatic heterocycles. The predicted octanol–water partition coefficient (Wildman–Crippen LogP) is 6.88. The SMILES string of the molecule is Oc1cc(Cl)c2c(c1)OC(c1ccc(OCCN3CCCCC3)cc1)C(c1ccccc1)S2. The normalized spacial score (nSPS) is 20.6. The second-order valence-corrected chi connectivity index (χ2v) is 10.1. The summed E-state index contributed by atoms with van der Waals surface area (Å²) >= 11 is 8.12. The minimum Gasteiger partial charge on any atom is -0.508 e. The van der Waals surface area contributed by atoms with E-state index in [1.165, 1.54) is 37.9 Å². The summed E-state index contributed by atoms with van der Waals surface area (Å²) in [5.41, 5.74) is 2.23. The van der Waals surface area contributed by atoms with E-state index in [-0.39, 0.29) is 17.1 Å². The van der Waals surface area contributed by atoms with Gasteiger partial charge in [0.15, 0.2) is 0 Å². The van der Waals surface area contributed by atoms with E-state index in [4.69, 9.17) is 21.1 Å². The van der Waals surface area contributed by atoms with Crippen LogP contribution in [0.3, 0.4) is 0 Å². The van der Waals surface area contributed by atoms with Crippen LogP contribution in [-0.2, 0) is 0 Å². The number of ether oxygens (including phenoxy) is 2. The van der Waals surface area contributed by atoms with E-state index in [0.717, 1.165) is 22.8 Å². The van der Waals surface area contributed by atoms with Crippen LogP contribution in [0.2, 0.25) is 5.02 Å². The van der Waals surface area contributed by atoms with Gasteiger partial charge in [0.05, 0.1) is 15.2 Å². The zero-order chi connectivity index (χ0) is 22.6. The summed E-state index contributed by atoms with van der Waals surface area (Å²) in [5.74, 6) is 1.59. The smallest absolute Gasteiger partial charge is 0.140 e. The number of nitrogens with zero attached hydrogens (tertiary/aromatic N) is 1. The van der Waals surface area contributed by atoms with Crippen molar-refractivity contribution >= 4 is 23.4 Å². The summed E-state index contributed by atoms with van der Waals surface area (Å²) in [4.78, 5) is 3.34. The molecular weight excluding hydrogens is 454 g/mol. The number of phenolic OH excluding ortho intramolecular Hbond substituents is 1. The number of halogens is 1. The van der Waals surface area contributed by atoms with Crippen LogP contribution in [0.1, 0.15) is 41.7 Å². The van der Waals surface area contributed by atoms with Crippen LogP contribution in [0.4, 0.5) is 0 Å². The van der Waals surface area contributed by atoms with Crippen LogP contribution in [0.25, 0.3) is 0 Å². The van der Waals surface area contributed by atoms with Crippen molar-refractivity contribution in [1.29, 1.82) is 0 Å².